The number of para-hydroxylation sites is 3. The molecule has 0 atom stereocenters. The van der Waals surface area contributed by atoms with Crippen molar-refractivity contribution in [2.75, 3.05) is 30.6 Å². The van der Waals surface area contributed by atoms with Crippen molar-refractivity contribution in [1.29, 1.82) is 0 Å². The van der Waals surface area contributed by atoms with Crippen LogP contribution in [0.4, 0.5) is 11.4 Å². The molecular weight excluding hydrogens is 478 g/mol. The Labute approximate surface area is 212 Å². The number of nitrogens with zero attached hydrogens (tertiary/aromatic N) is 3. The molecule has 0 fully saturated rings. The van der Waals surface area contributed by atoms with Crippen molar-refractivity contribution in [3.05, 3.63) is 78.4 Å². The summed E-state index contributed by atoms with van der Waals surface area (Å²) >= 11 is 1.28. The third kappa shape index (κ3) is 5.66. The van der Waals surface area contributed by atoms with Crippen LogP contribution in [-0.2, 0) is 11.8 Å². The molecule has 0 saturated carbocycles. The van der Waals surface area contributed by atoms with Crippen LogP contribution < -0.4 is 20.1 Å². The third-order valence-corrected chi connectivity index (χ3v) is 6.32. The van der Waals surface area contributed by atoms with E-state index >= 15 is 0 Å². The standard InChI is InChI=1S/C26H25N5O4S/c1-31-24(19-8-4-6-10-21(19)34-2)29-30-26(31)36-16-23(32)27-18-14-12-17(13-15-18)25(33)28-20-9-5-7-11-22(20)35-3/h4-15H,16H2,1-3H3,(H,27,32)(H,28,33). The topological polar surface area (TPSA) is 107 Å². The molecule has 36 heavy (non-hydrogen) atoms. The maximum Gasteiger partial charge on any atom is 0.255 e. The van der Waals surface area contributed by atoms with E-state index in [1.807, 2.05) is 48.0 Å². The summed E-state index contributed by atoms with van der Waals surface area (Å²) in [6.45, 7) is 0. The molecule has 3 aromatic carbocycles. The number of carbonyl (C=O) groups is 2. The van der Waals surface area contributed by atoms with Gasteiger partial charge in [0.2, 0.25) is 5.91 Å². The quantitative estimate of drug-likeness (QED) is 0.324. The first-order chi connectivity index (χ1) is 17.5. The normalized spacial score (nSPS) is 10.5. The van der Waals surface area contributed by atoms with Crippen molar-refractivity contribution in [2.45, 2.75) is 5.16 Å². The van der Waals surface area contributed by atoms with Gasteiger partial charge in [0.25, 0.3) is 5.91 Å². The van der Waals surface area contributed by atoms with Gasteiger partial charge < -0.3 is 24.7 Å². The van der Waals surface area contributed by atoms with E-state index in [9.17, 15) is 9.59 Å². The van der Waals surface area contributed by atoms with Crippen LogP contribution in [0.25, 0.3) is 11.4 Å². The van der Waals surface area contributed by atoms with Crippen molar-refractivity contribution in [1.82, 2.24) is 14.8 Å². The van der Waals surface area contributed by atoms with Gasteiger partial charge in [-0.1, -0.05) is 36.0 Å². The molecule has 0 saturated heterocycles. The number of hydrogen-bond acceptors (Lipinski definition) is 7. The molecule has 0 aliphatic carbocycles. The van der Waals surface area contributed by atoms with Gasteiger partial charge in [-0.05, 0) is 48.5 Å². The Morgan fingerprint density at radius 3 is 2.25 bits per heavy atom. The number of hydrogen-bond donors (Lipinski definition) is 2. The molecule has 0 radical (unpaired) electrons. The maximum atomic E-state index is 12.6. The number of rotatable bonds is 9. The van der Waals surface area contributed by atoms with E-state index in [0.717, 1.165) is 5.56 Å². The van der Waals surface area contributed by atoms with E-state index in [0.29, 0.717) is 39.4 Å². The molecule has 184 valence electrons. The zero-order chi connectivity index (χ0) is 25.5. The fourth-order valence-electron chi connectivity index (χ4n) is 3.48. The summed E-state index contributed by atoms with van der Waals surface area (Å²) in [6.07, 6.45) is 0. The summed E-state index contributed by atoms with van der Waals surface area (Å²) in [4.78, 5) is 25.1. The van der Waals surface area contributed by atoms with Crippen LogP contribution in [0, 0.1) is 0 Å². The van der Waals surface area contributed by atoms with Gasteiger partial charge in [0.1, 0.15) is 11.5 Å². The van der Waals surface area contributed by atoms with Gasteiger partial charge in [0, 0.05) is 18.3 Å². The minimum Gasteiger partial charge on any atom is -0.496 e. The molecule has 2 N–H and O–H groups in total. The van der Waals surface area contributed by atoms with Crippen LogP contribution in [0.2, 0.25) is 0 Å². The minimum atomic E-state index is -0.277. The van der Waals surface area contributed by atoms with Gasteiger partial charge in [0.15, 0.2) is 11.0 Å². The fourth-order valence-corrected chi connectivity index (χ4v) is 4.19. The lowest BCUT2D eigenvalue weighted by Crippen LogP contribution is -2.15. The van der Waals surface area contributed by atoms with Gasteiger partial charge in [-0.25, -0.2) is 0 Å². The first kappa shape index (κ1) is 24.8. The zero-order valence-corrected chi connectivity index (χ0v) is 20.8. The average molecular weight is 504 g/mol. The molecule has 9 nitrogen and oxygen atoms in total. The summed E-state index contributed by atoms with van der Waals surface area (Å²) in [6, 6.07) is 21.4. The van der Waals surface area contributed by atoms with Gasteiger partial charge in [-0.3, -0.25) is 9.59 Å². The number of carbonyl (C=O) groups excluding carboxylic acids is 2. The van der Waals surface area contributed by atoms with E-state index in [-0.39, 0.29) is 17.6 Å². The lowest BCUT2D eigenvalue weighted by Gasteiger charge is -2.10. The third-order valence-electron chi connectivity index (χ3n) is 5.30. The Morgan fingerprint density at radius 1 is 0.861 bits per heavy atom. The molecule has 2 amide bonds. The summed E-state index contributed by atoms with van der Waals surface area (Å²) < 4.78 is 12.5. The van der Waals surface area contributed by atoms with E-state index in [1.54, 1.807) is 50.6 Å². The highest BCUT2D eigenvalue weighted by atomic mass is 32.2. The SMILES string of the molecule is COc1ccccc1NC(=O)c1ccc(NC(=O)CSc2nnc(-c3ccccc3OC)n2C)cc1. The van der Waals surface area contributed by atoms with Gasteiger partial charge in [0.05, 0.1) is 31.2 Å². The van der Waals surface area contributed by atoms with Crippen molar-refractivity contribution < 1.29 is 19.1 Å². The molecule has 0 bridgehead atoms. The Hall–Kier alpha value is -4.31. The van der Waals surface area contributed by atoms with Crippen molar-refractivity contribution >= 4 is 35.0 Å². The molecule has 0 aliphatic heterocycles. The second-order valence-corrected chi connectivity index (χ2v) is 8.58. The van der Waals surface area contributed by atoms with Gasteiger partial charge in [-0.2, -0.15) is 0 Å². The second-order valence-electron chi connectivity index (χ2n) is 7.63. The van der Waals surface area contributed by atoms with Gasteiger partial charge in [-0.15, -0.1) is 10.2 Å². The maximum absolute atomic E-state index is 12.6. The van der Waals surface area contributed by atoms with Crippen LogP contribution in [0.5, 0.6) is 11.5 Å². The van der Waals surface area contributed by atoms with Crippen molar-refractivity contribution in [2.24, 2.45) is 7.05 Å². The Kier molecular flexibility index (Phi) is 7.86. The average Bonchev–Trinajstić information content (AvgIpc) is 3.27. The highest BCUT2D eigenvalue weighted by Crippen LogP contribution is 2.30. The molecule has 4 rings (SSSR count). The number of thioether (sulfide) groups is 1. The van der Waals surface area contributed by atoms with Crippen LogP contribution in [-0.4, -0.2) is 46.6 Å². The van der Waals surface area contributed by atoms with Crippen molar-refractivity contribution in [3.63, 3.8) is 0 Å². The number of amides is 2. The fraction of sp³-hybridized carbons (Fsp3) is 0.154. The lowest BCUT2D eigenvalue weighted by atomic mass is 10.2. The summed E-state index contributed by atoms with van der Waals surface area (Å²) in [5.74, 6) is 1.59. The second kappa shape index (κ2) is 11.4. The summed E-state index contributed by atoms with van der Waals surface area (Å²) in [5.41, 5.74) is 2.44. The van der Waals surface area contributed by atoms with Crippen LogP contribution in [0.3, 0.4) is 0 Å². The Balaban J connectivity index is 1.34. The molecule has 1 heterocycles. The van der Waals surface area contributed by atoms with Crippen LogP contribution in [0.1, 0.15) is 10.4 Å². The minimum absolute atomic E-state index is 0.147. The van der Waals surface area contributed by atoms with Gasteiger partial charge >= 0.3 is 0 Å². The molecule has 0 spiro atoms. The highest BCUT2D eigenvalue weighted by molar-refractivity contribution is 7.99. The number of aromatic nitrogens is 3. The van der Waals surface area contributed by atoms with E-state index in [2.05, 4.69) is 20.8 Å². The Morgan fingerprint density at radius 2 is 1.53 bits per heavy atom. The predicted molar refractivity (Wildman–Crippen MR) is 140 cm³/mol. The van der Waals surface area contributed by atoms with Crippen LogP contribution in [0.15, 0.2) is 78.0 Å². The number of ether oxygens (including phenoxy) is 2. The summed E-state index contributed by atoms with van der Waals surface area (Å²) in [5, 5.41) is 14.7. The predicted octanol–water partition coefficient (Wildman–Crippen LogP) is 4.48. The molecule has 0 aliphatic rings. The molecule has 0 unspecified atom stereocenters. The van der Waals surface area contributed by atoms with E-state index in [1.165, 1.54) is 11.8 Å². The number of nitrogens with one attached hydrogen (secondary N) is 2. The highest BCUT2D eigenvalue weighted by Gasteiger charge is 2.16. The lowest BCUT2D eigenvalue weighted by molar-refractivity contribution is -0.113. The first-order valence-corrected chi connectivity index (χ1v) is 12.0. The first-order valence-electron chi connectivity index (χ1n) is 11.0. The molecule has 4 aromatic rings. The zero-order valence-electron chi connectivity index (χ0n) is 20.0. The number of anilines is 2. The molecule has 1 aromatic heterocycles. The Bertz CT molecular complexity index is 1370. The molecule has 10 heteroatoms. The van der Waals surface area contributed by atoms with Crippen molar-refractivity contribution in [3.8, 4) is 22.9 Å². The molecular formula is C26H25N5O4S. The smallest absolute Gasteiger partial charge is 0.255 e. The van der Waals surface area contributed by atoms with E-state index < -0.39 is 0 Å². The largest absolute Gasteiger partial charge is 0.496 e. The van der Waals surface area contributed by atoms with E-state index in [4.69, 9.17) is 9.47 Å². The van der Waals surface area contributed by atoms with Crippen LogP contribution >= 0.6 is 11.8 Å². The monoisotopic (exact) mass is 503 g/mol. The number of methoxy groups -OCH3 is 2. The summed E-state index contributed by atoms with van der Waals surface area (Å²) in [7, 11) is 5.00. The number of benzene rings is 3.